The zero-order valence-electron chi connectivity index (χ0n) is 21.5. The van der Waals surface area contributed by atoms with Gasteiger partial charge in [-0.05, 0) is 58.0 Å². The number of likely N-dealkylation sites (N-methyl/N-ethyl adjacent to an activating group) is 1. The Morgan fingerprint density at radius 3 is 2.54 bits per heavy atom. The average molecular weight is 534 g/mol. The number of hydrogen-bond acceptors (Lipinski definition) is 7. The lowest BCUT2D eigenvalue weighted by atomic mass is 9.97. The lowest BCUT2D eigenvalue weighted by Gasteiger charge is -2.32. The van der Waals surface area contributed by atoms with Crippen molar-refractivity contribution >= 4 is 28.1 Å². The zero-order valence-corrected chi connectivity index (χ0v) is 22.3. The van der Waals surface area contributed by atoms with Gasteiger partial charge in [-0.15, -0.1) is 0 Å². The predicted octanol–water partition coefficient (Wildman–Crippen LogP) is 2.45. The first-order valence-corrected chi connectivity index (χ1v) is 14.3. The van der Waals surface area contributed by atoms with Gasteiger partial charge in [-0.3, -0.25) is 4.79 Å². The minimum absolute atomic E-state index is 0.00917. The molecule has 4 rings (SSSR count). The standard InChI is InChI=1S/C26H36FN5O4S/c1-20-25(24(36-29-20)9-8-21-6-3-4-7-23(21)27)37(34,35)32-14-10-22(11-15-32)26(33)28-12-5-13-31-18-16-30(2)17-19-31/h3-4,6-9,22H,5,10-19H2,1-2H3,(H,28,33)/b9-8+. The molecule has 0 aliphatic carbocycles. The lowest BCUT2D eigenvalue weighted by Crippen LogP contribution is -2.45. The van der Waals surface area contributed by atoms with Crippen molar-refractivity contribution in [3.63, 3.8) is 0 Å². The molecule has 0 saturated carbocycles. The molecule has 2 fully saturated rings. The van der Waals surface area contributed by atoms with Crippen molar-refractivity contribution in [2.24, 2.45) is 5.92 Å². The number of benzene rings is 1. The zero-order chi connectivity index (χ0) is 26.4. The van der Waals surface area contributed by atoms with Crippen LogP contribution in [-0.2, 0) is 14.8 Å². The molecule has 1 aromatic heterocycles. The Hall–Kier alpha value is -2.60. The summed E-state index contributed by atoms with van der Waals surface area (Å²) in [5.74, 6) is -0.579. The first-order valence-electron chi connectivity index (χ1n) is 12.8. The summed E-state index contributed by atoms with van der Waals surface area (Å²) >= 11 is 0. The van der Waals surface area contributed by atoms with E-state index in [4.69, 9.17) is 4.52 Å². The average Bonchev–Trinajstić information content (AvgIpc) is 3.28. The molecule has 0 bridgehead atoms. The quantitative estimate of drug-likeness (QED) is 0.495. The summed E-state index contributed by atoms with van der Waals surface area (Å²) in [5, 5.41) is 6.87. The van der Waals surface area contributed by atoms with Crippen molar-refractivity contribution in [3.8, 4) is 0 Å². The van der Waals surface area contributed by atoms with E-state index < -0.39 is 15.8 Å². The number of halogens is 1. The topological polar surface area (TPSA) is 99.0 Å². The molecule has 3 heterocycles. The Bertz CT molecular complexity index is 1200. The van der Waals surface area contributed by atoms with E-state index in [9.17, 15) is 17.6 Å². The summed E-state index contributed by atoms with van der Waals surface area (Å²) in [5.41, 5.74) is 0.559. The van der Waals surface area contributed by atoms with Gasteiger partial charge in [0.25, 0.3) is 0 Å². The highest BCUT2D eigenvalue weighted by Crippen LogP contribution is 2.29. The molecular weight excluding hydrogens is 497 g/mol. The van der Waals surface area contributed by atoms with Gasteiger partial charge in [0.1, 0.15) is 11.5 Å². The summed E-state index contributed by atoms with van der Waals surface area (Å²) < 4.78 is 47.5. The molecule has 0 spiro atoms. The molecule has 0 unspecified atom stereocenters. The molecule has 1 aromatic carbocycles. The molecule has 2 aliphatic rings. The second-order valence-electron chi connectivity index (χ2n) is 9.78. The van der Waals surface area contributed by atoms with Crippen molar-refractivity contribution in [1.82, 2.24) is 24.6 Å². The van der Waals surface area contributed by atoms with Crippen LogP contribution in [0.15, 0.2) is 33.7 Å². The van der Waals surface area contributed by atoms with Gasteiger partial charge in [-0.2, -0.15) is 4.31 Å². The number of aryl methyl sites for hydroxylation is 1. The second-order valence-corrected chi connectivity index (χ2v) is 11.7. The Labute approximate surface area is 218 Å². The van der Waals surface area contributed by atoms with Gasteiger partial charge in [0.15, 0.2) is 10.7 Å². The Morgan fingerprint density at radius 1 is 1.14 bits per heavy atom. The van der Waals surface area contributed by atoms with E-state index >= 15 is 0 Å². The molecule has 37 heavy (non-hydrogen) atoms. The Kier molecular flexibility index (Phi) is 9.12. The Balaban J connectivity index is 1.29. The predicted molar refractivity (Wildman–Crippen MR) is 140 cm³/mol. The van der Waals surface area contributed by atoms with Gasteiger partial charge < -0.3 is 19.6 Å². The molecule has 1 amide bonds. The maximum atomic E-state index is 14.0. The minimum atomic E-state index is -3.89. The van der Waals surface area contributed by atoms with Crippen LogP contribution in [0.25, 0.3) is 12.2 Å². The molecule has 11 heteroatoms. The van der Waals surface area contributed by atoms with Crippen LogP contribution in [0, 0.1) is 18.7 Å². The fourth-order valence-corrected chi connectivity index (χ4v) is 6.51. The number of piperazine rings is 1. The Morgan fingerprint density at radius 2 is 1.84 bits per heavy atom. The number of sulfonamides is 1. The van der Waals surface area contributed by atoms with Crippen molar-refractivity contribution in [1.29, 1.82) is 0 Å². The lowest BCUT2D eigenvalue weighted by molar-refractivity contribution is -0.126. The summed E-state index contributed by atoms with van der Waals surface area (Å²) in [6.45, 7) is 7.91. The number of carbonyl (C=O) groups is 1. The smallest absolute Gasteiger partial charge is 0.248 e. The number of hydrogen-bond donors (Lipinski definition) is 1. The van der Waals surface area contributed by atoms with Crippen LogP contribution in [0.4, 0.5) is 4.39 Å². The van der Waals surface area contributed by atoms with E-state index in [1.165, 1.54) is 22.5 Å². The van der Waals surface area contributed by atoms with Gasteiger partial charge in [0, 0.05) is 57.3 Å². The normalized spacial score (nSPS) is 19.0. The third kappa shape index (κ3) is 6.84. The number of aromatic nitrogens is 1. The maximum Gasteiger partial charge on any atom is 0.248 e. The fourth-order valence-electron chi connectivity index (χ4n) is 4.79. The molecule has 0 radical (unpaired) electrons. The maximum absolute atomic E-state index is 14.0. The van der Waals surface area contributed by atoms with E-state index in [2.05, 4.69) is 27.3 Å². The number of amides is 1. The fraction of sp³-hybridized carbons (Fsp3) is 0.538. The van der Waals surface area contributed by atoms with Gasteiger partial charge in [-0.25, -0.2) is 12.8 Å². The van der Waals surface area contributed by atoms with Crippen molar-refractivity contribution in [3.05, 3.63) is 47.1 Å². The summed E-state index contributed by atoms with van der Waals surface area (Å²) in [6.07, 6.45) is 4.70. The summed E-state index contributed by atoms with van der Waals surface area (Å²) in [6, 6.07) is 6.20. The van der Waals surface area contributed by atoms with Crippen LogP contribution in [0.3, 0.4) is 0 Å². The van der Waals surface area contributed by atoms with E-state index in [1.807, 2.05) is 0 Å². The SMILES string of the molecule is Cc1noc(/C=C/c2ccccc2F)c1S(=O)(=O)N1CCC(C(=O)NCCCN2CCN(C)CC2)CC1. The highest BCUT2D eigenvalue weighted by Gasteiger charge is 2.35. The molecule has 2 aliphatic heterocycles. The number of nitrogens with zero attached hydrogens (tertiary/aromatic N) is 4. The number of piperidine rings is 1. The van der Waals surface area contributed by atoms with Gasteiger partial charge in [0.05, 0.1) is 0 Å². The van der Waals surface area contributed by atoms with E-state index in [1.54, 1.807) is 25.1 Å². The third-order valence-corrected chi connectivity index (χ3v) is 9.18. The van der Waals surface area contributed by atoms with E-state index in [-0.39, 0.29) is 41.3 Å². The molecule has 1 N–H and O–H groups in total. The van der Waals surface area contributed by atoms with Crippen LogP contribution in [0.1, 0.15) is 36.3 Å². The number of rotatable bonds is 9. The van der Waals surface area contributed by atoms with Gasteiger partial charge in [0.2, 0.25) is 15.9 Å². The van der Waals surface area contributed by atoms with Crippen molar-refractivity contribution in [2.75, 3.05) is 59.4 Å². The molecule has 2 aromatic rings. The first-order chi connectivity index (χ1) is 17.8. The minimum Gasteiger partial charge on any atom is -0.356 e. The molecule has 2 saturated heterocycles. The number of carbonyl (C=O) groups excluding carboxylic acids is 1. The molecule has 202 valence electrons. The highest BCUT2D eigenvalue weighted by molar-refractivity contribution is 7.89. The van der Waals surface area contributed by atoms with Crippen LogP contribution < -0.4 is 5.32 Å². The van der Waals surface area contributed by atoms with Crippen LogP contribution in [0.5, 0.6) is 0 Å². The third-order valence-electron chi connectivity index (χ3n) is 7.12. The van der Waals surface area contributed by atoms with Gasteiger partial charge in [-0.1, -0.05) is 23.4 Å². The van der Waals surface area contributed by atoms with Crippen LogP contribution >= 0.6 is 0 Å². The largest absolute Gasteiger partial charge is 0.356 e. The van der Waals surface area contributed by atoms with Crippen molar-refractivity contribution < 1.29 is 22.1 Å². The first kappa shape index (κ1) is 27.4. The van der Waals surface area contributed by atoms with Gasteiger partial charge >= 0.3 is 0 Å². The van der Waals surface area contributed by atoms with Crippen LogP contribution in [0.2, 0.25) is 0 Å². The molecule has 9 nitrogen and oxygen atoms in total. The van der Waals surface area contributed by atoms with Crippen LogP contribution in [-0.4, -0.2) is 93.0 Å². The second kappa shape index (κ2) is 12.3. The van der Waals surface area contributed by atoms with Crippen molar-refractivity contribution in [2.45, 2.75) is 31.1 Å². The molecule has 0 atom stereocenters. The summed E-state index contributed by atoms with van der Waals surface area (Å²) in [7, 11) is -1.76. The monoisotopic (exact) mass is 533 g/mol. The molecular formula is C26H36FN5O4S. The van der Waals surface area contributed by atoms with E-state index in [0.717, 1.165) is 39.1 Å². The van der Waals surface area contributed by atoms with E-state index in [0.29, 0.717) is 24.9 Å². The number of nitrogens with one attached hydrogen (secondary N) is 1. The highest BCUT2D eigenvalue weighted by atomic mass is 32.2. The summed E-state index contributed by atoms with van der Waals surface area (Å²) in [4.78, 5) is 17.4.